The van der Waals surface area contributed by atoms with E-state index in [4.69, 9.17) is 24.2 Å². The smallest absolute Gasteiger partial charge is 0.257 e. The summed E-state index contributed by atoms with van der Waals surface area (Å²) in [6.07, 6.45) is 0.856. The molecule has 8 nitrogen and oxygen atoms in total. The lowest BCUT2D eigenvalue weighted by Crippen LogP contribution is -2.53. The van der Waals surface area contributed by atoms with E-state index in [0.717, 1.165) is 40.1 Å². The number of fused-ring (bicyclic) bond motifs is 1. The van der Waals surface area contributed by atoms with E-state index in [1.54, 1.807) is 49.5 Å². The van der Waals surface area contributed by atoms with E-state index in [2.05, 4.69) is 24.5 Å². The average molecular weight is 553 g/mol. The van der Waals surface area contributed by atoms with Gasteiger partial charge in [0.05, 0.1) is 26.4 Å². The third kappa shape index (κ3) is 5.52. The lowest BCUT2D eigenvalue weighted by molar-refractivity contribution is -0.109. The Hall–Kier alpha value is -3.08. The SMILES string of the molecule is COc1ccc(CNc2csc([C@]34COC(C)(C)C[C@H]3CSC(NC(=O)c3ccccc3)=N4)n2)c(OC)c1. The molecule has 0 saturated carbocycles. The number of amidine groups is 1. The lowest BCUT2D eigenvalue weighted by Gasteiger charge is -2.48. The van der Waals surface area contributed by atoms with Gasteiger partial charge in [0.15, 0.2) is 5.17 Å². The Morgan fingerprint density at radius 3 is 2.74 bits per heavy atom. The maximum atomic E-state index is 12.9. The number of thiazole rings is 1. The summed E-state index contributed by atoms with van der Waals surface area (Å²) < 4.78 is 17.1. The number of methoxy groups -OCH3 is 2. The maximum absolute atomic E-state index is 12.9. The van der Waals surface area contributed by atoms with Crippen molar-refractivity contribution in [2.75, 3.05) is 31.9 Å². The molecule has 2 aromatic carbocycles. The van der Waals surface area contributed by atoms with Crippen LogP contribution in [0.15, 0.2) is 58.9 Å². The molecule has 3 aromatic rings. The Balaban J connectivity index is 1.39. The van der Waals surface area contributed by atoms with Crippen LogP contribution in [0.3, 0.4) is 0 Å². The first kappa shape index (κ1) is 26.5. The van der Waals surface area contributed by atoms with Gasteiger partial charge in [-0.05, 0) is 44.5 Å². The molecule has 0 aliphatic carbocycles. The molecule has 1 amide bonds. The highest BCUT2D eigenvalue weighted by molar-refractivity contribution is 8.13. The van der Waals surface area contributed by atoms with Crippen molar-refractivity contribution in [2.45, 2.75) is 38.0 Å². The first-order chi connectivity index (χ1) is 18.3. The minimum atomic E-state index is -0.650. The molecule has 38 heavy (non-hydrogen) atoms. The summed E-state index contributed by atoms with van der Waals surface area (Å²) >= 11 is 3.15. The summed E-state index contributed by atoms with van der Waals surface area (Å²) in [6.45, 7) is 5.20. The van der Waals surface area contributed by atoms with E-state index in [0.29, 0.717) is 23.9 Å². The molecular formula is C28H32N4O4S2. The fourth-order valence-electron chi connectivity index (χ4n) is 4.80. The normalized spacial score (nSPS) is 22.1. The van der Waals surface area contributed by atoms with E-state index in [9.17, 15) is 4.79 Å². The summed E-state index contributed by atoms with van der Waals surface area (Å²) in [6, 6.07) is 15.0. The molecule has 0 radical (unpaired) electrons. The summed E-state index contributed by atoms with van der Waals surface area (Å²) in [5.41, 5.74) is 0.711. The van der Waals surface area contributed by atoms with Crippen LogP contribution in [0, 0.1) is 5.92 Å². The second kappa shape index (κ2) is 11.0. The van der Waals surface area contributed by atoms with Gasteiger partial charge >= 0.3 is 0 Å². The zero-order chi connectivity index (χ0) is 26.8. The van der Waals surface area contributed by atoms with Crippen molar-refractivity contribution >= 4 is 40.0 Å². The number of carbonyl (C=O) groups is 1. The molecule has 2 atom stereocenters. The number of ether oxygens (including phenoxy) is 3. The first-order valence-corrected chi connectivity index (χ1v) is 14.3. The van der Waals surface area contributed by atoms with E-state index >= 15 is 0 Å². The molecule has 10 heteroatoms. The van der Waals surface area contributed by atoms with Crippen molar-refractivity contribution in [2.24, 2.45) is 10.9 Å². The second-order valence-electron chi connectivity index (χ2n) is 9.99. The van der Waals surface area contributed by atoms with Crippen molar-refractivity contribution in [3.8, 4) is 11.5 Å². The van der Waals surface area contributed by atoms with E-state index < -0.39 is 5.54 Å². The molecule has 0 spiro atoms. The number of nitrogens with zero attached hydrogens (tertiary/aromatic N) is 2. The molecule has 1 fully saturated rings. The predicted octanol–water partition coefficient (Wildman–Crippen LogP) is 5.32. The predicted molar refractivity (Wildman–Crippen MR) is 153 cm³/mol. The Kier molecular flexibility index (Phi) is 7.65. The Labute approximate surface area is 231 Å². The van der Waals surface area contributed by atoms with Crippen molar-refractivity contribution < 1.29 is 19.0 Å². The zero-order valence-electron chi connectivity index (χ0n) is 21.9. The van der Waals surface area contributed by atoms with Crippen molar-refractivity contribution in [1.29, 1.82) is 0 Å². The largest absolute Gasteiger partial charge is 0.497 e. The zero-order valence-corrected chi connectivity index (χ0v) is 23.6. The Morgan fingerprint density at radius 1 is 1.16 bits per heavy atom. The molecule has 200 valence electrons. The fraction of sp³-hybridized carbons (Fsp3) is 0.393. The molecule has 1 aromatic heterocycles. The van der Waals surface area contributed by atoms with Crippen LogP contribution in [0.4, 0.5) is 5.82 Å². The molecular weight excluding hydrogens is 520 g/mol. The van der Waals surface area contributed by atoms with Crippen LogP contribution in [0.2, 0.25) is 0 Å². The highest BCUT2D eigenvalue weighted by atomic mass is 32.2. The molecule has 0 unspecified atom stereocenters. The highest BCUT2D eigenvalue weighted by Gasteiger charge is 2.52. The Morgan fingerprint density at radius 2 is 1.97 bits per heavy atom. The second-order valence-corrected chi connectivity index (χ2v) is 11.9. The van der Waals surface area contributed by atoms with Crippen LogP contribution in [0.5, 0.6) is 11.5 Å². The minimum Gasteiger partial charge on any atom is -0.497 e. The summed E-state index contributed by atoms with van der Waals surface area (Å²) in [5, 5.41) is 9.93. The molecule has 2 aliphatic rings. The number of carbonyl (C=O) groups excluding carboxylic acids is 1. The molecule has 0 bridgehead atoms. The number of rotatable bonds is 7. The highest BCUT2D eigenvalue weighted by Crippen LogP contribution is 2.49. The van der Waals surface area contributed by atoms with Gasteiger partial charge in [0.25, 0.3) is 5.91 Å². The quantitative estimate of drug-likeness (QED) is 0.410. The number of anilines is 1. The van der Waals surface area contributed by atoms with Gasteiger partial charge in [0, 0.05) is 40.8 Å². The van der Waals surface area contributed by atoms with E-state index in [1.165, 1.54) is 0 Å². The number of aliphatic imine (C=N–C) groups is 1. The monoisotopic (exact) mass is 552 g/mol. The minimum absolute atomic E-state index is 0.169. The van der Waals surface area contributed by atoms with Gasteiger partial charge in [-0.15, -0.1) is 11.3 Å². The van der Waals surface area contributed by atoms with Crippen molar-refractivity contribution in [1.82, 2.24) is 10.3 Å². The third-order valence-electron chi connectivity index (χ3n) is 6.90. The summed E-state index contributed by atoms with van der Waals surface area (Å²) in [5.74, 6) is 3.15. The molecule has 2 aliphatic heterocycles. The number of hydrogen-bond acceptors (Lipinski definition) is 9. The van der Waals surface area contributed by atoms with Gasteiger partial charge in [-0.2, -0.15) is 0 Å². The van der Waals surface area contributed by atoms with Gasteiger partial charge in [0.1, 0.15) is 27.9 Å². The van der Waals surface area contributed by atoms with Crippen LogP contribution >= 0.6 is 23.1 Å². The molecule has 1 saturated heterocycles. The molecule has 3 heterocycles. The van der Waals surface area contributed by atoms with Gasteiger partial charge in [0.2, 0.25) is 0 Å². The average Bonchev–Trinajstić information content (AvgIpc) is 3.42. The van der Waals surface area contributed by atoms with Crippen molar-refractivity contribution in [3.63, 3.8) is 0 Å². The number of nitrogens with one attached hydrogen (secondary N) is 2. The fourth-order valence-corrected chi connectivity index (χ4v) is 6.93. The number of amides is 1. The number of thioether (sulfide) groups is 1. The van der Waals surface area contributed by atoms with Gasteiger partial charge < -0.3 is 24.8 Å². The van der Waals surface area contributed by atoms with Crippen molar-refractivity contribution in [3.05, 3.63) is 70.0 Å². The van der Waals surface area contributed by atoms with Crippen LogP contribution in [-0.2, 0) is 16.8 Å². The van der Waals surface area contributed by atoms with E-state index in [1.807, 2.05) is 41.8 Å². The van der Waals surface area contributed by atoms with Gasteiger partial charge in [-0.3, -0.25) is 4.79 Å². The molecule has 5 rings (SSSR count). The van der Waals surface area contributed by atoms with Gasteiger partial charge in [-0.1, -0.05) is 30.0 Å². The van der Waals surface area contributed by atoms with Gasteiger partial charge in [-0.25, -0.2) is 9.98 Å². The number of benzene rings is 2. The third-order valence-corrected chi connectivity index (χ3v) is 8.95. The Bertz CT molecular complexity index is 1330. The van der Waals surface area contributed by atoms with Crippen LogP contribution in [0.25, 0.3) is 0 Å². The van der Waals surface area contributed by atoms with Crippen LogP contribution in [-0.4, -0.2) is 48.2 Å². The van der Waals surface area contributed by atoms with Crippen LogP contribution in [0.1, 0.15) is 41.2 Å². The summed E-state index contributed by atoms with van der Waals surface area (Å²) in [7, 11) is 3.29. The standard InChI is InChI=1S/C28H32N4O4S2/c1-27(2)13-20-15-38-26(31-24(33)18-8-6-5-7-9-18)32-28(20,17-36-27)25-30-23(16-37-25)29-14-19-10-11-21(34-3)12-22(19)35-4/h5-12,16,20,29H,13-15,17H2,1-4H3,(H,31,32,33)/t20-,28-/m0/s1. The molecule has 2 N–H and O–H groups in total. The number of hydrogen-bond donors (Lipinski definition) is 2. The lowest BCUT2D eigenvalue weighted by atomic mass is 9.77. The van der Waals surface area contributed by atoms with E-state index in [-0.39, 0.29) is 17.4 Å². The first-order valence-electron chi connectivity index (χ1n) is 12.5. The van der Waals surface area contributed by atoms with Crippen LogP contribution < -0.4 is 20.1 Å². The summed E-state index contributed by atoms with van der Waals surface area (Å²) in [4.78, 5) is 22.9. The number of aromatic nitrogens is 1. The maximum Gasteiger partial charge on any atom is 0.257 e. The topological polar surface area (TPSA) is 94.1 Å².